The SMILES string of the molecule is CC1C(=O)C2=CCCC=C2NC1/C=C/c1ccccc1. The largest absolute Gasteiger partial charge is 0.378 e. The van der Waals surface area contributed by atoms with E-state index in [4.69, 9.17) is 0 Å². The van der Waals surface area contributed by atoms with Crippen LogP contribution < -0.4 is 5.32 Å². The number of carbonyl (C=O) groups excluding carboxylic acids is 1. The Bertz CT molecular complexity index is 595. The monoisotopic (exact) mass is 265 g/mol. The molecular formula is C18H19NO. The van der Waals surface area contributed by atoms with Gasteiger partial charge in [0.15, 0.2) is 5.78 Å². The van der Waals surface area contributed by atoms with E-state index in [9.17, 15) is 4.79 Å². The minimum Gasteiger partial charge on any atom is -0.378 e. The number of allylic oxidation sites excluding steroid dienone is 3. The number of benzene rings is 1. The van der Waals surface area contributed by atoms with Crippen molar-refractivity contribution >= 4 is 11.9 Å². The van der Waals surface area contributed by atoms with Crippen LogP contribution >= 0.6 is 0 Å². The Labute approximate surface area is 119 Å². The molecule has 2 aliphatic rings. The molecule has 1 N–H and O–H groups in total. The van der Waals surface area contributed by atoms with Crippen LogP contribution in [0.3, 0.4) is 0 Å². The summed E-state index contributed by atoms with van der Waals surface area (Å²) in [6, 6.07) is 10.3. The summed E-state index contributed by atoms with van der Waals surface area (Å²) < 4.78 is 0. The van der Waals surface area contributed by atoms with Gasteiger partial charge in [0.05, 0.1) is 6.04 Å². The van der Waals surface area contributed by atoms with Gasteiger partial charge >= 0.3 is 0 Å². The summed E-state index contributed by atoms with van der Waals surface area (Å²) in [5.74, 6) is 0.244. The lowest BCUT2D eigenvalue weighted by Crippen LogP contribution is -2.44. The number of ketones is 1. The number of hydrogen-bond acceptors (Lipinski definition) is 2. The summed E-state index contributed by atoms with van der Waals surface area (Å²) in [5.41, 5.74) is 3.06. The van der Waals surface area contributed by atoms with Crippen LogP contribution in [-0.2, 0) is 4.79 Å². The number of fused-ring (bicyclic) bond motifs is 1. The number of hydrogen-bond donors (Lipinski definition) is 1. The van der Waals surface area contributed by atoms with Gasteiger partial charge in [0.2, 0.25) is 0 Å². The molecule has 0 amide bonds. The van der Waals surface area contributed by atoms with Gasteiger partial charge in [0.1, 0.15) is 0 Å². The van der Waals surface area contributed by atoms with Crippen LogP contribution in [0.4, 0.5) is 0 Å². The van der Waals surface area contributed by atoms with E-state index in [2.05, 4.69) is 41.8 Å². The Balaban J connectivity index is 1.81. The van der Waals surface area contributed by atoms with Crippen molar-refractivity contribution in [3.8, 4) is 0 Å². The third-order valence-corrected chi connectivity index (χ3v) is 3.99. The van der Waals surface area contributed by atoms with E-state index in [0.29, 0.717) is 0 Å². The van der Waals surface area contributed by atoms with Crippen LogP contribution in [0.5, 0.6) is 0 Å². The zero-order chi connectivity index (χ0) is 13.9. The van der Waals surface area contributed by atoms with Crippen molar-refractivity contribution in [2.75, 3.05) is 0 Å². The molecule has 1 saturated heterocycles. The topological polar surface area (TPSA) is 29.1 Å². The number of carbonyl (C=O) groups is 1. The standard InChI is InChI=1S/C18H19NO/c1-13-16(12-11-14-7-3-2-4-8-14)19-17-10-6-5-9-15(17)18(13)20/h2-4,7-13,16,19H,5-6H2,1H3/b12-11+. The normalized spacial score (nSPS) is 25.8. The fourth-order valence-electron chi connectivity index (χ4n) is 2.75. The molecule has 0 saturated carbocycles. The molecule has 0 radical (unpaired) electrons. The van der Waals surface area contributed by atoms with Crippen molar-refractivity contribution in [2.24, 2.45) is 5.92 Å². The first-order chi connectivity index (χ1) is 9.75. The van der Waals surface area contributed by atoms with Crippen LogP contribution in [0, 0.1) is 5.92 Å². The predicted octanol–water partition coefficient (Wildman–Crippen LogP) is 3.48. The average Bonchev–Trinajstić information content (AvgIpc) is 2.50. The fourth-order valence-corrected chi connectivity index (χ4v) is 2.75. The van der Waals surface area contributed by atoms with Crippen LogP contribution in [0.1, 0.15) is 25.3 Å². The molecular weight excluding hydrogens is 246 g/mol. The van der Waals surface area contributed by atoms with Crippen LogP contribution in [-0.4, -0.2) is 11.8 Å². The van der Waals surface area contributed by atoms with E-state index in [-0.39, 0.29) is 17.7 Å². The van der Waals surface area contributed by atoms with Gasteiger partial charge in [0.25, 0.3) is 0 Å². The third-order valence-electron chi connectivity index (χ3n) is 3.99. The van der Waals surface area contributed by atoms with Crippen molar-refractivity contribution in [2.45, 2.75) is 25.8 Å². The summed E-state index contributed by atoms with van der Waals surface area (Å²) in [6.07, 6.45) is 10.4. The quantitative estimate of drug-likeness (QED) is 0.887. The molecule has 102 valence electrons. The second-order valence-electron chi connectivity index (χ2n) is 5.41. The lowest BCUT2D eigenvalue weighted by Gasteiger charge is -2.33. The lowest BCUT2D eigenvalue weighted by molar-refractivity contribution is -0.119. The highest BCUT2D eigenvalue weighted by molar-refractivity contribution is 6.02. The van der Waals surface area contributed by atoms with Crippen molar-refractivity contribution in [1.82, 2.24) is 5.32 Å². The molecule has 0 aromatic heterocycles. The highest BCUT2D eigenvalue weighted by Crippen LogP contribution is 2.28. The molecule has 3 rings (SSSR count). The molecule has 2 nitrogen and oxygen atoms in total. The van der Waals surface area contributed by atoms with E-state index in [1.54, 1.807) is 0 Å². The van der Waals surface area contributed by atoms with Gasteiger partial charge in [-0.3, -0.25) is 4.79 Å². The Hall–Kier alpha value is -2.09. The first kappa shape index (κ1) is 12.9. The minimum absolute atomic E-state index is 0.0172. The predicted molar refractivity (Wildman–Crippen MR) is 82.0 cm³/mol. The van der Waals surface area contributed by atoms with Crippen LogP contribution in [0.25, 0.3) is 6.08 Å². The van der Waals surface area contributed by atoms with Gasteiger partial charge < -0.3 is 5.32 Å². The van der Waals surface area contributed by atoms with Gasteiger partial charge in [-0.05, 0) is 18.4 Å². The Morgan fingerprint density at radius 3 is 2.70 bits per heavy atom. The first-order valence-electron chi connectivity index (χ1n) is 7.20. The van der Waals surface area contributed by atoms with E-state index in [0.717, 1.165) is 29.7 Å². The Morgan fingerprint density at radius 2 is 1.90 bits per heavy atom. The number of Topliss-reactive ketones (excluding diaryl/α,β-unsaturated/α-hetero) is 1. The van der Waals surface area contributed by atoms with Crippen molar-refractivity contribution < 1.29 is 4.79 Å². The van der Waals surface area contributed by atoms with Crippen LogP contribution in [0.15, 0.2) is 59.8 Å². The molecule has 1 aromatic carbocycles. The zero-order valence-electron chi connectivity index (χ0n) is 11.7. The van der Waals surface area contributed by atoms with Gasteiger partial charge in [-0.25, -0.2) is 0 Å². The molecule has 1 fully saturated rings. The molecule has 2 atom stereocenters. The van der Waals surface area contributed by atoms with Gasteiger partial charge in [-0.1, -0.05) is 61.6 Å². The van der Waals surface area contributed by atoms with Gasteiger partial charge in [-0.15, -0.1) is 0 Å². The summed E-state index contributed by atoms with van der Waals surface area (Å²) in [5, 5.41) is 3.49. The molecule has 2 unspecified atom stereocenters. The van der Waals surface area contributed by atoms with Crippen molar-refractivity contribution in [3.05, 3.63) is 65.4 Å². The van der Waals surface area contributed by atoms with Gasteiger partial charge in [0, 0.05) is 17.2 Å². The molecule has 0 spiro atoms. The minimum atomic E-state index is -0.0172. The molecule has 20 heavy (non-hydrogen) atoms. The smallest absolute Gasteiger partial charge is 0.169 e. The molecule has 1 aliphatic heterocycles. The maximum atomic E-state index is 12.4. The Morgan fingerprint density at radius 1 is 1.15 bits per heavy atom. The average molecular weight is 265 g/mol. The van der Waals surface area contributed by atoms with E-state index in [1.807, 2.05) is 25.1 Å². The highest BCUT2D eigenvalue weighted by atomic mass is 16.1. The maximum absolute atomic E-state index is 12.4. The molecule has 0 bridgehead atoms. The fraction of sp³-hybridized carbons (Fsp3) is 0.278. The zero-order valence-corrected chi connectivity index (χ0v) is 11.7. The van der Waals surface area contributed by atoms with Crippen molar-refractivity contribution in [1.29, 1.82) is 0 Å². The molecule has 1 aromatic rings. The van der Waals surface area contributed by atoms with Crippen LogP contribution in [0.2, 0.25) is 0 Å². The number of nitrogens with one attached hydrogen (secondary N) is 1. The second-order valence-corrected chi connectivity index (χ2v) is 5.41. The Kier molecular flexibility index (Phi) is 3.55. The van der Waals surface area contributed by atoms with E-state index in [1.165, 1.54) is 0 Å². The molecule has 1 aliphatic carbocycles. The van der Waals surface area contributed by atoms with E-state index >= 15 is 0 Å². The lowest BCUT2D eigenvalue weighted by atomic mass is 9.83. The van der Waals surface area contributed by atoms with E-state index < -0.39 is 0 Å². The summed E-state index contributed by atoms with van der Waals surface area (Å²) in [7, 11) is 0. The maximum Gasteiger partial charge on any atom is 0.169 e. The third kappa shape index (κ3) is 2.46. The second kappa shape index (κ2) is 5.49. The summed E-state index contributed by atoms with van der Waals surface area (Å²) in [6.45, 7) is 2.00. The van der Waals surface area contributed by atoms with Crippen molar-refractivity contribution in [3.63, 3.8) is 0 Å². The molecule has 1 heterocycles. The summed E-state index contributed by atoms with van der Waals surface area (Å²) in [4.78, 5) is 12.4. The number of rotatable bonds is 2. The first-order valence-corrected chi connectivity index (χ1v) is 7.20. The highest BCUT2D eigenvalue weighted by Gasteiger charge is 2.33. The summed E-state index contributed by atoms with van der Waals surface area (Å²) >= 11 is 0. The molecule has 2 heteroatoms. The van der Waals surface area contributed by atoms with Gasteiger partial charge in [-0.2, -0.15) is 0 Å². The number of piperidine rings is 1.